The molecule has 1 aromatic heterocycles. The van der Waals surface area contributed by atoms with E-state index in [9.17, 15) is 5.11 Å². The van der Waals surface area contributed by atoms with Crippen LogP contribution in [0.15, 0.2) is 12.1 Å². The van der Waals surface area contributed by atoms with E-state index >= 15 is 0 Å². The van der Waals surface area contributed by atoms with Gasteiger partial charge in [-0.2, -0.15) is 0 Å². The molecule has 0 amide bonds. The number of aliphatic hydroxyl groups is 1. The molecule has 3 rings (SSSR count). The van der Waals surface area contributed by atoms with Crippen molar-refractivity contribution in [3.63, 3.8) is 0 Å². The average molecular weight is 243 g/mol. The molecule has 0 saturated heterocycles. The maximum atomic E-state index is 9.59. The zero-order valence-electron chi connectivity index (χ0n) is 8.58. The predicted octanol–water partition coefficient (Wildman–Crippen LogP) is 3.35. The summed E-state index contributed by atoms with van der Waals surface area (Å²) in [4.78, 5) is 1.33. The number of fused-ring (bicyclic) bond motifs is 1. The van der Waals surface area contributed by atoms with Gasteiger partial charge in [0.1, 0.15) is 0 Å². The Balaban J connectivity index is 1.75. The van der Waals surface area contributed by atoms with E-state index in [4.69, 9.17) is 11.6 Å². The first-order valence-corrected chi connectivity index (χ1v) is 6.75. The van der Waals surface area contributed by atoms with Crippen LogP contribution in [0.2, 0.25) is 4.34 Å². The minimum atomic E-state index is 0.182. The van der Waals surface area contributed by atoms with E-state index in [2.05, 4.69) is 6.07 Å². The summed E-state index contributed by atoms with van der Waals surface area (Å²) in [5, 5.41) is 9.59. The van der Waals surface area contributed by atoms with Crippen LogP contribution in [0.25, 0.3) is 0 Å². The zero-order valence-corrected chi connectivity index (χ0v) is 10.2. The van der Waals surface area contributed by atoms with Gasteiger partial charge in [0.2, 0.25) is 0 Å². The van der Waals surface area contributed by atoms with E-state index < -0.39 is 0 Å². The van der Waals surface area contributed by atoms with E-state index in [1.54, 1.807) is 11.3 Å². The second kappa shape index (κ2) is 3.47. The van der Waals surface area contributed by atoms with Crippen molar-refractivity contribution in [2.45, 2.75) is 25.7 Å². The number of rotatable bonds is 3. The highest BCUT2D eigenvalue weighted by Crippen LogP contribution is 2.60. The molecule has 0 aliphatic heterocycles. The molecule has 2 aliphatic rings. The van der Waals surface area contributed by atoms with Gasteiger partial charge in [0.25, 0.3) is 0 Å². The average Bonchev–Trinajstić information content (AvgIpc) is 2.65. The summed E-state index contributed by atoms with van der Waals surface area (Å²) in [6.07, 6.45) is 4.88. The molecule has 0 aromatic carbocycles. The molecule has 2 unspecified atom stereocenters. The number of halogens is 1. The minimum absolute atomic E-state index is 0.182. The second-order valence-corrected chi connectivity index (χ2v) is 7.00. The standard InChI is InChI=1S/C12H15ClOS/c13-11-2-1-10(15-11)6-12(7-14)4-8-3-9(8)5-12/h1-2,8-9,14H,3-7H2. The maximum Gasteiger partial charge on any atom is 0.0931 e. The van der Waals surface area contributed by atoms with Crippen molar-refractivity contribution in [3.05, 3.63) is 21.3 Å². The van der Waals surface area contributed by atoms with Crippen LogP contribution in [-0.4, -0.2) is 11.7 Å². The van der Waals surface area contributed by atoms with Crippen molar-refractivity contribution in [3.8, 4) is 0 Å². The molecular formula is C12H15ClOS. The van der Waals surface area contributed by atoms with Crippen molar-refractivity contribution in [2.24, 2.45) is 17.3 Å². The second-order valence-electron chi connectivity index (χ2n) is 5.20. The third-order valence-electron chi connectivity index (χ3n) is 3.97. The van der Waals surface area contributed by atoms with Gasteiger partial charge in [-0.3, -0.25) is 0 Å². The fourth-order valence-electron chi connectivity index (χ4n) is 3.15. The highest BCUT2D eigenvalue weighted by Gasteiger charge is 2.53. The summed E-state index contributed by atoms with van der Waals surface area (Å²) in [7, 11) is 0. The molecule has 1 aromatic rings. The first-order valence-electron chi connectivity index (χ1n) is 5.56. The number of hydrogen-bond acceptors (Lipinski definition) is 2. The van der Waals surface area contributed by atoms with Crippen LogP contribution in [0.5, 0.6) is 0 Å². The van der Waals surface area contributed by atoms with Crippen LogP contribution >= 0.6 is 22.9 Å². The molecule has 2 fully saturated rings. The van der Waals surface area contributed by atoms with Gasteiger partial charge in [0.05, 0.1) is 4.34 Å². The van der Waals surface area contributed by atoms with Crippen molar-refractivity contribution in [2.75, 3.05) is 6.61 Å². The number of aliphatic hydroxyl groups excluding tert-OH is 1. The lowest BCUT2D eigenvalue weighted by molar-refractivity contribution is 0.118. The third-order valence-corrected chi connectivity index (χ3v) is 5.20. The lowest BCUT2D eigenvalue weighted by atomic mass is 9.80. The number of hydrogen-bond donors (Lipinski definition) is 1. The molecular weight excluding hydrogens is 228 g/mol. The van der Waals surface area contributed by atoms with Gasteiger partial charge < -0.3 is 5.11 Å². The highest BCUT2D eigenvalue weighted by molar-refractivity contribution is 7.16. The molecule has 0 radical (unpaired) electrons. The Morgan fingerprint density at radius 3 is 2.67 bits per heavy atom. The van der Waals surface area contributed by atoms with Crippen LogP contribution in [-0.2, 0) is 6.42 Å². The molecule has 15 heavy (non-hydrogen) atoms. The van der Waals surface area contributed by atoms with Gasteiger partial charge >= 0.3 is 0 Å². The van der Waals surface area contributed by atoms with Crippen LogP contribution in [0.3, 0.4) is 0 Å². The van der Waals surface area contributed by atoms with E-state index in [0.717, 1.165) is 22.6 Å². The molecule has 0 spiro atoms. The van der Waals surface area contributed by atoms with Gasteiger partial charge in [-0.15, -0.1) is 11.3 Å². The van der Waals surface area contributed by atoms with Gasteiger partial charge in [-0.25, -0.2) is 0 Å². The first-order chi connectivity index (χ1) is 7.21. The molecule has 2 atom stereocenters. The van der Waals surface area contributed by atoms with Crippen molar-refractivity contribution in [1.29, 1.82) is 0 Å². The molecule has 0 bridgehead atoms. The quantitative estimate of drug-likeness (QED) is 0.862. The Labute approximate surface area is 99.1 Å². The smallest absolute Gasteiger partial charge is 0.0931 e. The Morgan fingerprint density at radius 1 is 1.40 bits per heavy atom. The van der Waals surface area contributed by atoms with Crippen LogP contribution in [0.4, 0.5) is 0 Å². The fraction of sp³-hybridized carbons (Fsp3) is 0.667. The van der Waals surface area contributed by atoms with Gasteiger partial charge in [0, 0.05) is 11.5 Å². The Morgan fingerprint density at radius 2 is 2.13 bits per heavy atom. The summed E-state index contributed by atoms with van der Waals surface area (Å²) in [6, 6.07) is 4.07. The van der Waals surface area contributed by atoms with Crippen molar-refractivity contribution in [1.82, 2.24) is 0 Å². The van der Waals surface area contributed by atoms with E-state index in [0.29, 0.717) is 6.61 Å². The monoisotopic (exact) mass is 242 g/mol. The van der Waals surface area contributed by atoms with Crippen molar-refractivity contribution >= 4 is 22.9 Å². The van der Waals surface area contributed by atoms with Crippen LogP contribution < -0.4 is 0 Å². The van der Waals surface area contributed by atoms with Crippen LogP contribution in [0, 0.1) is 17.3 Å². The fourth-order valence-corrected chi connectivity index (χ4v) is 4.41. The molecule has 2 aliphatic carbocycles. The summed E-state index contributed by atoms with van der Waals surface area (Å²) < 4.78 is 0.862. The molecule has 2 saturated carbocycles. The molecule has 1 N–H and O–H groups in total. The topological polar surface area (TPSA) is 20.2 Å². The minimum Gasteiger partial charge on any atom is -0.396 e. The van der Waals surface area contributed by atoms with Gasteiger partial charge in [-0.1, -0.05) is 11.6 Å². The predicted molar refractivity (Wildman–Crippen MR) is 63.4 cm³/mol. The first kappa shape index (κ1) is 10.1. The molecule has 82 valence electrons. The normalized spacial score (nSPS) is 38.0. The van der Waals surface area contributed by atoms with Crippen LogP contribution in [0.1, 0.15) is 24.1 Å². The summed E-state index contributed by atoms with van der Waals surface area (Å²) >= 11 is 7.59. The summed E-state index contributed by atoms with van der Waals surface area (Å²) in [5.41, 5.74) is 0.182. The SMILES string of the molecule is OCC1(Cc2ccc(Cl)s2)CC2CC2C1. The van der Waals surface area contributed by atoms with Gasteiger partial charge in [0.15, 0.2) is 0 Å². The van der Waals surface area contributed by atoms with Gasteiger partial charge in [-0.05, 0) is 55.1 Å². The Kier molecular flexibility index (Phi) is 2.35. The zero-order chi connectivity index (χ0) is 10.5. The molecule has 1 nitrogen and oxygen atoms in total. The summed E-state index contributed by atoms with van der Waals surface area (Å²) in [6.45, 7) is 0.343. The Bertz CT molecular complexity index is 363. The Hall–Kier alpha value is -0.0500. The summed E-state index contributed by atoms with van der Waals surface area (Å²) in [5.74, 6) is 1.85. The lowest BCUT2D eigenvalue weighted by Crippen LogP contribution is -2.25. The highest BCUT2D eigenvalue weighted by atomic mass is 35.5. The molecule has 1 heterocycles. The molecule has 3 heteroatoms. The van der Waals surface area contributed by atoms with E-state index in [1.165, 1.54) is 24.1 Å². The third kappa shape index (κ3) is 1.83. The lowest BCUT2D eigenvalue weighted by Gasteiger charge is -2.27. The maximum absolute atomic E-state index is 9.59. The number of thiophene rings is 1. The largest absolute Gasteiger partial charge is 0.396 e. The van der Waals surface area contributed by atoms with E-state index in [-0.39, 0.29) is 5.41 Å². The van der Waals surface area contributed by atoms with Crippen molar-refractivity contribution < 1.29 is 5.11 Å². The van der Waals surface area contributed by atoms with E-state index in [1.807, 2.05) is 6.07 Å².